The second-order valence-corrected chi connectivity index (χ2v) is 4.89. The monoisotopic (exact) mass is 323 g/mol. The quantitative estimate of drug-likeness (QED) is 0.717. The van der Waals surface area contributed by atoms with Crippen molar-refractivity contribution < 1.29 is 4.74 Å². The summed E-state index contributed by atoms with van der Waals surface area (Å²) in [6.45, 7) is 0. The molecule has 2 aromatic heterocycles. The maximum Gasteiger partial charge on any atom is 0.245 e. The first-order valence-corrected chi connectivity index (χ1v) is 6.32. The van der Waals surface area contributed by atoms with Gasteiger partial charge in [-0.05, 0) is 24.3 Å². The second kappa shape index (κ2) is 4.59. The van der Waals surface area contributed by atoms with E-state index in [2.05, 4.69) is 26.0 Å². The van der Waals surface area contributed by atoms with Crippen LogP contribution in [-0.2, 0) is 0 Å². The average Bonchev–Trinajstić information content (AvgIpc) is 2.83. The molecule has 2 heterocycles. The van der Waals surface area contributed by atoms with Crippen LogP contribution in [0.25, 0.3) is 5.52 Å². The Morgan fingerprint density at radius 2 is 2.11 bits per heavy atom. The number of aromatic nitrogens is 3. The van der Waals surface area contributed by atoms with Gasteiger partial charge < -0.3 is 4.74 Å². The van der Waals surface area contributed by atoms with Crippen LogP contribution in [0.3, 0.4) is 0 Å². The van der Waals surface area contributed by atoms with Gasteiger partial charge in [0.15, 0.2) is 0 Å². The Morgan fingerprint density at radius 1 is 1.22 bits per heavy atom. The van der Waals surface area contributed by atoms with Crippen molar-refractivity contribution in [1.29, 1.82) is 0 Å². The Hall–Kier alpha value is -1.59. The lowest BCUT2D eigenvalue weighted by molar-refractivity contribution is 0.465. The van der Waals surface area contributed by atoms with Crippen molar-refractivity contribution in [3.8, 4) is 11.6 Å². The van der Waals surface area contributed by atoms with Crippen molar-refractivity contribution in [3.05, 3.63) is 52.4 Å². The Morgan fingerprint density at radius 3 is 3.00 bits per heavy atom. The molecule has 3 aromatic rings. The molecule has 0 saturated heterocycles. The van der Waals surface area contributed by atoms with Gasteiger partial charge in [0, 0.05) is 16.9 Å². The maximum absolute atomic E-state index is 6.08. The molecule has 3 rings (SSSR count). The lowest BCUT2D eigenvalue weighted by Gasteiger charge is -2.07. The number of rotatable bonds is 2. The maximum atomic E-state index is 6.08. The van der Waals surface area contributed by atoms with Gasteiger partial charge in [-0.1, -0.05) is 27.5 Å². The lowest BCUT2D eigenvalue weighted by Crippen LogP contribution is -1.94. The summed E-state index contributed by atoms with van der Waals surface area (Å²) in [6, 6.07) is 7.23. The van der Waals surface area contributed by atoms with Crippen molar-refractivity contribution in [1.82, 2.24) is 14.6 Å². The van der Waals surface area contributed by atoms with Crippen LogP contribution in [0.1, 0.15) is 0 Å². The molecule has 90 valence electrons. The van der Waals surface area contributed by atoms with E-state index < -0.39 is 0 Å². The summed E-state index contributed by atoms with van der Waals surface area (Å²) < 4.78 is 8.31. The van der Waals surface area contributed by atoms with Crippen LogP contribution < -0.4 is 4.74 Å². The highest BCUT2D eigenvalue weighted by Gasteiger charge is 2.08. The van der Waals surface area contributed by atoms with Crippen molar-refractivity contribution in [2.45, 2.75) is 0 Å². The van der Waals surface area contributed by atoms with Crippen molar-refractivity contribution in [3.63, 3.8) is 0 Å². The third kappa shape index (κ3) is 2.07. The smallest absolute Gasteiger partial charge is 0.245 e. The number of hydrogen-bond acceptors (Lipinski definition) is 3. The van der Waals surface area contributed by atoms with Crippen molar-refractivity contribution in [2.75, 3.05) is 0 Å². The molecule has 1 aromatic carbocycles. The van der Waals surface area contributed by atoms with Gasteiger partial charge in [0.05, 0.1) is 11.2 Å². The first-order valence-electron chi connectivity index (χ1n) is 5.15. The Kier molecular flexibility index (Phi) is 2.93. The Bertz CT molecular complexity index is 713. The van der Waals surface area contributed by atoms with Crippen molar-refractivity contribution in [2.24, 2.45) is 0 Å². The highest BCUT2D eigenvalue weighted by molar-refractivity contribution is 9.10. The molecule has 0 aliphatic carbocycles. The lowest BCUT2D eigenvalue weighted by atomic mass is 10.3. The minimum Gasteiger partial charge on any atom is -0.435 e. The molecule has 0 aliphatic rings. The van der Waals surface area contributed by atoms with Gasteiger partial charge >= 0.3 is 0 Å². The molecule has 0 amide bonds. The zero-order valence-electron chi connectivity index (χ0n) is 9.05. The van der Waals surface area contributed by atoms with Crippen LogP contribution in [-0.4, -0.2) is 14.6 Å². The standard InChI is InChI=1S/C12H7BrClN3O/c13-8-1-2-9(14)11(7-8)18-12-10-3-4-16-17(10)6-5-15-12/h1-7H. The SMILES string of the molecule is Clc1ccc(Br)cc1Oc1nccn2nccc12. The molecule has 4 nitrogen and oxygen atoms in total. The first-order chi connectivity index (χ1) is 8.74. The fourth-order valence-corrected chi connectivity index (χ4v) is 2.07. The van der Waals surface area contributed by atoms with Gasteiger partial charge in [-0.15, -0.1) is 0 Å². The summed E-state index contributed by atoms with van der Waals surface area (Å²) in [6.07, 6.45) is 5.07. The second-order valence-electron chi connectivity index (χ2n) is 3.57. The van der Waals surface area contributed by atoms with Gasteiger partial charge in [0.25, 0.3) is 0 Å². The number of fused-ring (bicyclic) bond motifs is 1. The molecular formula is C12H7BrClN3O. The molecule has 6 heteroatoms. The van der Waals surface area contributed by atoms with Crippen LogP contribution in [0.2, 0.25) is 5.02 Å². The third-order valence-corrected chi connectivity index (χ3v) is 3.19. The number of nitrogens with zero attached hydrogens (tertiary/aromatic N) is 3. The molecule has 0 unspecified atom stereocenters. The zero-order valence-corrected chi connectivity index (χ0v) is 11.4. The molecule has 0 atom stereocenters. The molecule has 0 spiro atoms. The summed E-state index contributed by atoms with van der Waals surface area (Å²) in [4.78, 5) is 4.19. The highest BCUT2D eigenvalue weighted by atomic mass is 79.9. The average molecular weight is 325 g/mol. The van der Waals surface area contributed by atoms with Crippen LogP contribution >= 0.6 is 27.5 Å². The van der Waals surface area contributed by atoms with Gasteiger partial charge in [-0.2, -0.15) is 5.10 Å². The third-order valence-electron chi connectivity index (χ3n) is 2.39. The molecule has 0 fully saturated rings. The topological polar surface area (TPSA) is 39.4 Å². The number of halogens is 2. The van der Waals surface area contributed by atoms with Gasteiger partial charge in [0.2, 0.25) is 5.88 Å². The van der Waals surface area contributed by atoms with E-state index in [0.29, 0.717) is 16.7 Å². The minimum atomic E-state index is 0.468. The predicted octanol–water partition coefficient (Wildman–Crippen LogP) is 3.94. The van der Waals surface area contributed by atoms with Crippen molar-refractivity contribution >= 4 is 33.0 Å². The summed E-state index contributed by atoms with van der Waals surface area (Å²) in [7, 11) is 0. The summed E-state index contributed by atoms with van der Waals surface area (Å²) >= 11 is 9.45. The van der Waals surface area contributed by atoms with Crippen LogP contribution in [0, 0.1) is 0 Å². The summed E-state index contributed by atoms with van der Waals surface area (Å²) in [5, 5.41) is 4.64. The molecule has 0 saturated carbocycles. The summed E-state index contributed by atoms with van der Waals surface area (Å²) in [5.74, 6) is 1.02. The van der Waals surface area contributed by atoms with E-state index in [1.807, 2.05) is 12.1 Å². The first kappa shape index (κ1) is 11.5. The predicted molar refractivity (Wildman–Crippen MR) is 72.2 cm³/mol. The summed E-state index contributed by atoms with van der Waals surface area (Å²) in [5.41, 5.74) is 0.786. The van der Waals surface area contributed by atoms with Crippen LogP contribution in [0.15, 0.2) is 47.3 Å². The van der Waals surface area contributed by atoms with E-state index in [1.165, 1.54) is 0 Å². The normalized spacial score (nSPS) is 10.8. The van der Waals surface area contributed by atoms with Gasteiger partial charge in [-0.25, -0.2) is 9.50 Å². The van der Waals surface area contributed by atoms with E-state index in [-0.39, 0.29) is 0 Å². The minimum absolute atomic E-state index is 0.468. The van der Waals surface area contributed by atoms with E-state index in [1.54, 1.807) is 35.2 Å². The van der Waals surface area contributed by atoms with Crippen LogP contribution in [0.5, 0.6) is 11.6 Å². The van der Waals surface area contributed by atoms with E-state index in [4.69, 9.17) is 16.3 Å². The van der Waals surface area contributed by atoms with Crippen LogP contribution in [0.4, 0.5) is 0 Å². The largest absolute Gasteiger partial charge is 0.435 e. The fraction of sp³-hybridized carbons (Fsp3) is 0. The number of benzene rings is 1. The molecule has 18 heavy (non-hydrogen) atoms. The number of hydrogen-bond donors (Lipinski definition) is 0. The molecule has 0 radical (unpaired) electrons. The highest BCUT2D eigenvalue weighted by Crippen LogP contribution is 2.32. The molecule has 0 bridgehead atoms. The number of ether oxygens (including phenoxy) is 1. The molecular weight excluding hydrogens is 318 g/mol. The van der Waals surface area contributed by atoms with E-state index in [0.717, 1.165) is 9.99 Å². The molecule has 0 aliphatic heterocycles. The Labute approximate surface area is 116 Å². The van der Waals surface area contributed by atoms with Gasteiger partial charge in [0.1, 0.15) is 11.3 Å². The van der Waals surface area contributed by atoms with E-state index >= 15 is 0 Å². The molecule has 0 N–H and O–H groups in total. The van der Waals surface area contributed by atoms with E-state index in [9.17, 15) is 0 Å². The van der Waals surface area contributed by atoms with Gasteiger partial charge in [-0.3, -0.25) is 0 Å². The zero-order chi connectivity index (χ0) is 12.5. The Balaban J connectivity index is 2.06. The fourth-order valence-electron chi connectivity index (χ4n) is 1.57.